The molecule has 0 radical (unpaired) electrons. The minimum atomic E-state index is -0.676. The Morgan fingerprint density at radius 2 is 1.94 bits per heavy atom. The molecular formula is C11H7Cl2FN2O2. The van der Waals surface area contributed by atoms with Crippen LogP contribution < -0.4 is 11.2 Å². The Hall–Kier alpha value is -1.59. The summed E-state index contributed by atoms with van der Waals surface area (Å²) in [5.74, 6) is -0.603. The standard InChI is InChI=1S/C11H7Cl2FN2O2/c12-7-3-1-2-6(9(7)14)4-16-5-8(13)10(17)15-11(16)18/h1-3,5H,4H2,(H,15,17,18). The first-order chi connectivity index (χ1) is 8.49. The fourth-order valence-corrected chi connectivity index (χ4v) is 1.81. The normalized spacial score (nSPS) is 10.6. The second-order valence-electron chi connectivity index (χ2n) is 3.58. The molecule has 0 aliphatic rings. The van der Waals surface area contributed by atoms with Gasteiger partial charge in [0, 0.05) is 11.8 Å². The molecular weight excluding hydrogens is 282 g/mol. The molecule has 7 heteroatoms. The highest BCUT2D eigenvalue weighted by Gasteiger charge is 2.09. The van der Waals surface area contributed by atoms with Crippen molar-refractivity contribution in [3.63, 3.8) is 0 Å². The molecule has 0 amide bonds. The predicted octanol–water partition coefficient (Wildman–Crippen LogP) is 2.03. The second kappa shape index (κ2) is 4.96. The van der Waals surface area contributed by atoms with Crippen LogP contribution in [-0.2, 0) is 6.54 Å². The lowest BCUT2D eigenvalue weighted by atomic mass is 10.2. The Morgan fingerprint density at radius 1 is 1.22 bits per heavy atom. The van der Waals surface area contributed by atoms with Crippen LogP contribution >= 0.6 is 23.2 Å². The molecule has 2 aromatic rings. The van der Waals surface area contributed by atoms with E-state index >= 15 is 0 Å². The summed E-state index contributed by atoms with van der Waals surface area (Å²) in [5, 5.41) is -0.173. The average Bonchev–Trinajstić information content (AvgIpc) is 2.32. The summed E-state index contributed by atoms with van der Waals surface area (Å²) in [6.07, 6.45) is 1.16. The van der Waals surface area contributed by atoms with Crippen LogP contribution in [0.2, 0.25) is 10.0 Å². The fourth-order valence-electron chi connectivity index (χ4n) is 1.45. The number of benzene rings is 1. The second-order valence-corrected chi connectivity index (χ2v) is 4.39. The van der Waals surface area contributed by atoms with Crippen LogP contribution in [0, 0.1) is 5.82 Å². The van der Waals surface area contributed by atoms with Gasteiger partial charge in [-0.15, -0.1) is 0 Å². The van der Waals surface area contributed by atoms with Gasteiger partial charge in [-0.3, -0.25) is 14.3 Å². The summed E-state index contributed by atoms with van der Waals surface area (Å²) in [4.78, 5) is 24.6. The van der Waals surface area contributed by atoms with E-state index in [1.54, 1.807) is 6.07 Å². The number of aromatic nitrogens is 2. The molecule has 94 valence electrons. The largest absolute Gasteiger partial charge is 0.328 e. The highest BCUT2D eigenvalue weighted by atomic mass is 35.5. The molecule has 0 saturated heterocycles. The van der Waals surface area contributed by atoms with Gasteiger partial charge in [-0.25, -0.2) is 9.18 Å². The number of nitrogens with zero attached hydrogens (tertiary/aromatic N) is 1. The molecule has 1 N–H and O–H groups in total. The van der Waals surface area contributed by atoms with Crippen LogP contribution in [-0.4, -0.2) is 9.55 Å². The Bertz CT molecular complexity index is 709. The molecule has 0 spiro atoms. The fraction of sp³-hybridized carbons (Fsp3) is 0.0909. The minimum Gasteiger partial charge on any atom is -0.295 e. The van der Waals surface area contributed by atoms with Crippen molar-refractivity contribution in [1.82, 2.24) is 9.55 Å². The van der Waals surface area contributed by atoms with Crippen molar-refractivity contribution >= 4 is 23.2 Å². The van der Waals surface area contributed by atoms with Gasteiger partial charge in [0.15, 0.2) is 0 Å². The summed E-state index contributed by atoms with van der Waals surface area (Å²) in [6.45, 7) is -0.0677. The number of hydrogen-bond donors (Lipinski definition) is 1. The van der Waals surface area contributed by atoms with Crippen LogP contribution in [0.15, 0.2) is 34.0 Å². The molecule has 1 heterocycles. The third kappa shape index (κ3) is 2.47. The maximum atomic E-state index is 13.6. The van der Waals surface area contributed by atoms with E-state index in [-0.39, 0.29) is 22.2 Å². The number of nitrogens with one attached hydrogen (secondary N) is 1. The van der Waals surface area contributed by atoms with E-state index < -0.39 is 17.1 Å². The summed E-state index contributed by atoms with van der Waals surface area (Å²) >= 11 is 11.2. The maximum absolute atomic E-state index is 13.6. The Balaban J connectivity index is 2.47. The van der Waals surface area contributed by atoms with Crippen molar-refractivity contribution in [1.29, 1.82) is 0 Å². The van der Waals surface area contributed by atoms with Gasteiger partial charge >= 0.3 is 5.69 Å². The SMILES string of the molecule is O=c1[nH]c(=O)n(Cc2cccc(Cl)c2F)cc1Cl. The van der Waals surface area contributed by atoms with Gasteiger partial charge in [0.05, 0.1) is 11.6 Å². The molecule has 1 aromatic heterocycles. The lowest BCUT2D eigenvalue weighted by molar-refractivity contribution is 0.593. The zero-order valence-corrected chi connectivity index (χ0v) is 10.4. The van der Waals surface area contributed by atoms with E-state index in [1.807, 2.05) is 4.98 Å². The van der Waals surface area contributed by atoms with Gasteiger partial charge in [0.2, 0.25) is 0 Å². The van der Waals surface area contributed by atoms with Gasteiger partial charge in [0.1, 0.15) is 10.8 Å². The van der Waals surface area contributed by atoms with Crippen molar-refractivity contribution in [2.75, 3.05) is 0 Å². The highest BCUT2D eigenvalue weighted by molar-refractivity contribution is 6.30. The van der Waals surface area contributed by atoms with Crippen molar-refractivity contribution in [2.24, 2.45) is 0 Å². The minimum absolute atomic E-state index is 0.0314. The zero-order chi connectivity index (χ0) is 13.3. The van der Waals surface area contributed by atoms with Gasteiger partial charge in [-0.1, -0.05) is 35.3 Å². The first-order valence-corrected chi connectivity index (χ1v) is 5.67. The number of aromatic amines is 1. The van der Waals surface area contributed by atoms with Crippen LogP contribution in [0.5, 0.6) is 0 Å². The van der Waals surface area contributed by atoms with E-state index in [4.69, 9.17) is 23.2 Å². The van der Waals surface area contributed by atoms with Crippen LogP contribution in [0.25, 0.3) is 0 Å². The van der Waals surface area contributed by atoms with E-state index in [1.165, 1.54) is 12.1 Å². The monoisotopic (exact) mass is 288 g/mol. The average molecular weight is 289 g/mol. The molecule has 4 nitrogen and oxygen atoms in total. The quantitative estimate of drug-likeness (QED) is 0.919. The highest BCUT2D eigenvalue weighted by Crippen LogP contribution is 2.18. The third-order valence-corrected chi connectivity index (χ3v) is 2.90. The van der Waals surface area contributed by atoms with E-state index in [0.29, 0.717) is 0 Å². The number of hydrogen-bond acceptors (Lipinski definition) is 2. The zero-order valence-electron chi connectivity index (χ0n) is 8.91. The van der Waals surface area contributed by atoms with Gasteiger partial charge in [-0.2, -0.15) is 0 Å². The van der Waals surface area contributed by atoms with Crippen LogP contribution in [0.3, 0.4) is 0 Å². The first-order valence-electron chi connectivity index (χ1n) is 4.91. The van der Waals surface area contributed by atoms with Gasteiger partial charge < -0.3 is 0 Å². The van der Waals surface area contributed by atoms with Crippen LogP contribution in [0.1, 0.15) is 5.56 Å². The summed E-state index contributed by atoms with van der Waals surface area (Å²) in [5.41, 5.74) is -1.11. The Labute approximate surface area is 111 Å². The van der Waals surface area contributed by atoms with Crippen molar-refractivity contribution in [3.05, 3.63) is 66.7 Å². The molecule has 0 aliphatic carbocycles. The summed E-state index contributed by atoms with van der Waals surface area (Å²) < 4.78 is 14.7. The third-order valence-electron chi connectivity index (χ3n) is 2.34. The van der Waals surface area contributed by atoms with Crippen molar-refractivity contribution < 1.29 is 4.39 Å². The molecule has 0 saturated carbocycles. The van der Waals surface area contributed by atoms with E-state index in [0.717, 1.165) is 10.8 Å². The molecule has 0 fully saturated rings. The van der Waals surface area contributed by atoms with Crippen molar-refractivity contribution in [2.45, 2.75) is 6.54 Å². The van der Waals surface area contributed by atoms with E-state index in [9.17, 15) is 14.0 Å². The summed E-state index contributed by atoms with van der Waals surface area (Å²) in [6, 6.07) is 4.47. The molecule has 1 aromatic carbocycles. The number of H-pyrrole nitrogens is 1. The van der Waals surface area contributed by atoms with Gasteiger partial charge in [0.25, 0.3) is 5.56 Å². The lowest BCUT2D eigenvalue weighted by Gasteiger charge is -2.07. The molecule has 0 aliphatic heterocycles. The molecule has 0 bridgehead atoms. The molecule has 0 atom stereocenters. The number of halogens is 3. The van der Waals surface area contributed by atoms with Gasteiger partial charge in [-0.05, 0) is 6.07 Å². The van der Waals surface area contributed by atoms with E-state index in [2.05, 4.69) is 0 Å². The lowest BCUT2D eigenvalue weighted by Crippen LogP contribution is -2.30. The maximum Gasteiger partial charge on any atom is 0.328 e. The van der Waals surface area contributed by atoms with Crippen molar-refractivity contribution in [3.8, 4) is 0 Å². The molecule has 0 unspecified atom stereocenters. The molecule has 2 rings (SSSR count). The topological polar surface area (TPSA) is 54.9 Å². The predicted molar refractivity (Wildman–Crippen MR) is 66.8 cm³/mol. The van der Waals surface area contributed by atoms with Crippen LogP contribution in [0.4, 0.5) is 4.39 Å². The Kier molecular flexibility index (Phi) is 3.54. The Morgan fingerprint density at radius 3 is 2.67 bits per heavy atom. The molecule has 18 heavy (non-hydrogen) atoms. The number of rotatable bonds is 2. The smallest absolute Gasteiger partial charge is 0.295 e. The first kappa shape index (κ1) is 12.9. The summed E-state index contributed by atoms with van der Waals surface area (Å²) in [7, 11) is 0.